The second-order valence-electron chi connectivity index (χ2n) is 5.09. The molecule has 23 heavy (non-hydrogen) atoms. The number of nitrogens with zero attached hydrogens (tertiary/aromatic N) is 3. The molecule has 0 aliphatic heterocycles. The molecule has 0 aliphatic rings. The Kier molecular flexibility index (Phi) is 4.52. The predicted molar refractivity (Wildman–Crippen MR) is 83.1 cm³/mol. The standard InChI is InChI=1S/C15H16N4O3S/c1-10-14(11(2)19(3)17-10)23(21,22)18-15(20)13-6-4-5-12(9-13)7-8-16/h4-6,9H,7H2,1-3H3,(H,18,20). The molecular weight excluding hydrogens is 316 g/mol. The summed E-state index contributed by atoms with van der Waals surface area (Å²) >= 11 is 0. The van der Waals surface area contributed by atoms with Crippen LogP contribution in [0.3, 0.4) is 0 Å². The summed E-state index contributed by atoms with van der Waals surface area (Å²) in [5, 5.41) is 12.7. The Hall–Kier alpha value is -2.66. The van der Waals surface area contributed by atoms with Crippen molar-refractivity contribution in [2.45, 2.75) is 25.2 Å². The molecule has 0 saturated carbocycles. The topological polar surface area (TPSA) is 105 Å². The lowest BCUT2D eigenvalue weighted by molar-refractivity contribution is 0.0981. The number of carbonyl (C=O) groups is 1. The molecule has 0 unspecified atom stereocenters. The highest BCUT2D eigenvalue weighted by molar-refractivity contribution is 7.90. The third kappa shape index (κ3) is 3.40. The normalized spacial score (nSPS) is 11.0. The van der Waals surface area contributed by atoms with E-state index < -0.39 is 15.9 Å². The van der Waals surface area contributed by atoms with Gasteiger partial charge in [0.2, 0.25) is 0 Å². The summed E-state index contributed by atoms with van der Waals surface area (Å²) in [6.45, 7) is 3.19. The highest BCUT2D eigenvalue weighted by atomic mass is 32.2. The highest BCUT2D eigenvalue weighted by Crippen LogP contribution is 2.18. The van der Waals surface area contributed by atoms with Crippen LogP contribution in [-0.2, 0) is 23.5 Å². The molecular formula is C15H16N4O3S. The first kappa shape index (κ1) is 16.7. The van der Waals surface area contributed by atoms with E-state index in [-0.39, 0.29) is 16.9 Å². The number of nitriles is 1. The summed E-state index contributed by atoms with van der Waals surface area (Å²) in [6.07, 6.45) is 0.148. The fraction of sp³-hybridized carbons (Fsp3) is 0.267. The third-order valence-corrected chi connectivity index (χ3v) is 4.99. The van der Waals surface area contributed by atoms with Gasteiger partial charge in [0.05, 0.1) is 23.9 Å². The molecule has 0 aliphatic carbocycles. The fourth-order valence-electron chi connectivity index (χ4n) is 2.29. The van der Waals surface area contributed by atoms with Crippen LogP contribution >= 0.6 is 0 Å². The Morgan fingerprint density at radius 3 is 2.65 bits per heavy atom. The summed E-state index contributed by atoms with van der Waals surface area (Å²) in [7, 11) is -2.39. The van der Waals surface area contributed by atoms with Crippen LogP contribution in [0.25, 0.3) is 0 Å². The SMILES string of the molecule is Cc1nn(C)c(C)c1S(=O)(=O)NC(=O)c1cccc(CC#N)c1. The number of sulfonamides is 1. The molecule has 8 heteroatoms. The van der Waals surface area contributed by atoms with E-state index in [1.807, 2.05) is 6.07 Å². The first-order valence-corrected chi connectivity index (χ1v) is 8.28. The minimum atomic E-state index is -4.02. The van der Waals surface area contributed by atoms with Gasteiger partial charge in [-0.3, -0.25) is 9.48 Å². The number of carbonyl (C=O) groups excluding carboxylic acids is 1. The van der Waals surface area contributed by atoms with Gasteiger partial charge in [0, 0.05) is 12.6 Å². The summed E-state index contributed by atoms with van der Waals surface area (Å²) < 4.78 is 28.4. The van der Waals surface area contributed by atoms with Crippen LogP contribution in [-0.4, -0.2) is 24.1 Å². The lowest BCUT2D eigenvalue weighted by Gasteiger charge is -2.08. The van der Waals surface area contributed by atoms with Crippen molar-refractivity contribution in [2.24, 2.45) is 7.05 Å². The van der Waals surface area contributed by atoms with Gasteiger partial charge in [-0.05, 0) is 31.5 Å². The molecule has 2 rings (SSSR count). The van der Waals surface area contributed by atoms with E-state index in [2.05, 4.69) is 9.82 Å². The zero-order valence-electron chi connectivity index (χ0n) is 13.0. The van der Waals surface area contributed by atoms with Crippen LogP contribution in [0.4, 0.5) is 0 Å². The van der Waals surface area contributed by atoms with Crippen molar-refractivity contribution in [1.29, 1.82) is 5.26 Å². The maximum atomic E-state index is 12.4. The first-order valence-electron chi connectivity index (χ1n) is 6.79. The number of rotatable bonds is 4. The number of amides is 1. The van der Waals surface area contributed by atoms with Crippen molar-refractivity contribution >= 4 is 15.9 Å². The number of benzene rings is 1. The molecule has 1 aromatic carbocycles. The second-order valence-corrected chi connectivity index (χ2v) is 6.71. The van der Waals surface area contributed by atoms with E-state index in [0.717, 1.165) is 0 Å². The maximum Gasteiger partial charge on any atom is 0.267 e. The van der Waals surface area contributed by atoms with Crippen LogP contribution in [0.1, 0.15) is 27.3 Å². The number of hydrogen-bond acceptors (Lipinski definition) is 5. The van der Waals surface area contributed by atoms with Gasteiger partial charge in [-0.15, -0.1) is 0 Å². The van der Waals surface area contributed by atoms with Crippen LogP contribution < -0.4 is 4.72 Å². The molecule has 1 amide bonds. The Morgan fingerprint density at radius 2 is 2.09 bits per heavy atom. The van der Waals surface area contributed by atoms with E-state index in [1.165, 1.54) is 16.8 Å². The average molecular weight is 332 g/mol. The molecule has 7 nitrogen and oxygen atoms in total. The van der Waals surface area contributed by atoms with E-state index in [1.54, 1.807) is 33.0 Å². The maximum absolute atomic E-state index is 12.4. The second kappa shape index (κ2) is 6.22. The van der Waals surface area contributed by atoms with Crippen molar-refractivity contribution in [3.05, 3.63) is 46.8 Å². The number of aromatic nitrogens is 2. The molecule has 0 atom stereocenters. The van der Waals surface area contributed by atoms with Crippen LogP contribution in [0.5, 0.6) is 0 Å². The monoisotopic (exact) mass is 332 g/mol. The Balaban J connectivity index is 2.32. The van der Waals surface area contributed by atoms with Crippen molar-refractivity contribution in [3.8, 4) is 6.07 Å². The van der Waals surface area contributed by atoms with E-state index >= 15 is 0 Å². The van der Waals surface area contributed by atoms with E-state index in [4.69, 9.17) is 5.26 Å². The Labute approximate surface area is 134 Å². The lowest BCUT2D eigenvalue weighted by Crippen LogP contribution is -2.31. The van der Waals surface area contributed by atoms with Crippen molar-refractivity contribution in [3.63, 3.8) is 0 Å². The van der Waals surface area contributed by atoms with Gasteiger partial charge in [-0.1, -0.05) is 12.1 Å². The van der Waals surface area contributed by atoms with Crippen LogP contribution in [0.15, 0.2) is 29.2 Å². The van der Waals surface area contributed by atoms with Crippen molar-refractivity contribution in [1.82, 2.24) is 14.5 Å². The molecule has 0 bridgehead atoms. The molecule has 1 N–H and O–H groups in total. The molecule has 120 valence electrons. The van der Waals surface area contributed by atoms with Crippen LogP contribution in [0, 0.1) is 25.2 Å². The summed E-state index contributed by atoms with van der Waals surface area (Å²) in [4.78, 5) is 12.2. The zero-order chi connectivity index (χ0) is 17.2. The average Bonchev–Trinajstić information content (AvgIpc) is 2.72. The predicted octanol–water partition coefficient (Wildman–Crippen LogP) is 1.22. The van der Waals surface area contributed by atoms with Gasteiger partial charge in [-0.2, -0.15) is 10.4 Å². The van der Waals surface area contributed by atoms with E-state index in [9.17, 15) is 13.2 Å². The number of aryl methyl sites for hydroxylation is 2. The number of nitrogens with one attached hydrogen (secondary N) is 1. The van der Waals surface area contributed by atoms with Gasteiger partial charge < -0.3 is 0 Å². The molecule has 2 aromatic rings. The van der Waals surface area contributed by atoms with Gasteiger partial charge in [0.25, 0.3) is 15.9 Å². The Morgan fingerprint density at radius 1 is 1.39 bits per heavy atom. The smallest absolute Gasteiger partial charge is 0.267 e. The van der Waals surface area contributed by atoms with Crippen molar-refractivity contribution < 1.29 is 13.2 Å². The molecule has 1 heterocycles. The molecule has 1 aromatic heterocycles. The van der Waals surface area contributed by atoms with Gasteiger partial charge in [-0.25, -0.2) is 13.1 Å². The minimum absolute atomic E-state index is 0.00142. The quantitative estimate of drug-likeness (QED) is 0.906. The van der Waals surface area contributed by atoms with Crippen LogP contribution in [0.2, 0.25) is 0 Å². The molecule has 0 radical (unpaired) electrons. The lowest BCUT2D eigenvalue weighted by atomic mass is 10.1. The summed E-state index contributed by atoms with van der Waals surface area (Å²) in [6, 6.07) is 8.28. The zero-order valence-corrected chi connectivity index (χ0v) is 13.8. The number of hydrogen-bond donors (Lipinski definition) is 1. The van der Waals surface area contributed by atoms with E-state index in [0.29, 0.717) is 17.0 Å². The van der Waals surface area contributed by atoms with Gasteiger partial charge in [0.1, 0.15) is 4.90 Å². The summed E-state index contributed by atoms with van der Waals surface area (Å²) in [5.41, 5.74) is 1.59. The largest absolute Gasteiger partial charge is 0.271 e. The third-order valence-electron chi connectivity index (χ3n) is 3.41. The Bertz CT molecular complexity index is 907. The first-order chi connectivity index (χ1) is 10.8. The molecule has 0 fully saturated rings. The molecule has 0 spiro atoms. The van der Waals surface area contributed by atoms with Gasteiger partial charge >= 0.3 is 0 Å². The minimum Gasteiger partial charge on any atom is -0.271 e. The highest BCUT2D eigenvalue weighted by Gasteiger charge is 2.26. The summed E-state index contributed by atoms with van der Waals surface area (Å²) in [5.74, 6) is -0.743. The van der Waals surface area contributed by atoms with Crippen molar-refractivity contribution in [2.75, 3.05) is 0 Å². The molecule has 0 saturated heterocycles. The van der Waals surface area contributed by atoms with Gasteiger partial charge in [0.15, 0.2) is 0 Å². The fourth-order valence-corrected chi connectivity index (χ4v) is 3.70.